The largest absolute Gasteiger partial charge is 0.378 e. The van der Waals surface area contributed by atoms with Gasteiger partial charge in [0.1, 0.15) is 5.82 Å². The number of aromatic nitrogens is 6. The number of nitrogens with two attached hydrogens (primary N) is 1. The van der Waals surface area contributed by atoms with Gasteiger partial charge in [0.2, 0.25) is 11.9 Å². The second kappa shape index (κ2) is 6.69. The van der Waals surface area contributed by atoms with Gasteiger partial charge in [0, 0.05) is 49.4 Å². The third-order valence-corrected chi connectivity index (χ3v) is 3.73. The van der Waals surface area contributed by atoms with Crippen molar-refractivity contribution in [3.8, 4) is 11.3 Å². The molecule has 3 aromatic heterocycles. The minimum Gasteiger partial charge on any atom is -0.378 e. The first-order valence-electron chi connectivity index (χ1n) is 7.84. The van der Waals surface area contributed by atoms with Crippen LogP contribution in [0.2, 0.25) is 0 Å². The predicted octanol–water partition coefficient (Wildman–Crippen LogP) is 0.819. The third-order valence-electron chi connectivity index (χ3n) is 3.73. The Morgan fingerprint density at radius 2 is 1.92 bits per heavy atom. The Hall–Kier alpha value is -3.27. The fourth-order valence-corrected chi connectivity index (χ4v) is 2.48. The minimum absolute atomic E-state index is 0.223. The van der Waals surface area contributed by atoms with Gasteiger partial charge in [-0.1, -0.05) is 0 Å². The molecular weight excluding hydrogens is 322 g/mol. The lowest BCUT2D eigenvalue weighted by atomic mass is 10.2. The summed E-state index contributed by atoms with van der Waals surface area (Å²) < 4.78 is 5.40. The number of morpholine rings is 1. The molecule has 4 rings (SSSR count). The molecule has 1 saturated heterocycles. The molecule has 1 aliphatic rings. The van der Waals surface area contributed by atoms with Gasteiger partial charge < -0.3 is 20.7 Å². The molecule has 4 heterocycles. The van der Waals surface area contributed by atoms with Crippen molar-refractivity contribution < 1.29 is 4.74 Å². The van der Waals surface area contributed by atoms with Gasteiger partial charge >= 0.3 is 0 Å². The standard InChI is InChI=1S/C15H17N9O/c16-14-17-8-10(9-18-14)11-7-13(21-12-1-2-19-23-12)22-15(20-11)24-3-5-25-6-4-24/h1-2,7-9H,3-6H2,(H2,16,17,18)(H2,19,20,21,22,23). The SMILES string of the molecule is Nc1ncc(-c2cc(Nc3cc[nH]n3)nc(N3CCOCC3)n2)cn1. The van der Waals surface area contributed by atoms with Crippen molar-refractivity contribution in [3.63, 3.8) is 0 Å². The average molecular weight is 339 g/mol. The summed E-state index contributed by atoms with van der Waals surface area (Å²) in [5, 5.41) is 10.0. The lowest BCUT2D eigenvalue weighted by Gasteiger charge is -2.27. The number of nitrogens with zero attached hydrogens (tertiary/aromatic N) is 6. The van der Waals surface area contributed by atoms with Crippen molar-refractivity contribution in [1.82, 2.24) is 30.1 Å². The van der Waals surface area contributed by atoms with Gasteiger partial charge in [-0.3, -0.25) is 5.10 Å². The van der Waals surface area contributed by atoms with Crippen LogP contribution in [-0.4, -0.2) is 56.4 Å². The Morgan fingerprint density at radius 1 is 1.12 bits per heavy atom. The van der Waals surface area contributed by atoms with Crippen molar-refractivity contribution in [1.29, 1.82) is 0 Å². The van der Waals surface area contributed by atoms with E-state index in [0.717, 1.165) is 18.7 Å². The molecule has 1 fully saturated rings. The lowest BCUT2D eigenvalue weighted by molar-refractivity contribution is 0.122. The highest BCUT2D eigenvalue weighted by molar-refractivity contribution is 5.65. The van der Waals surface area contributed by atoms with E-state index in [4.69, 9.17) is 10.5 Å². The van der Waals surface area contributed by atoms with Gasteiger partial charge in [0.25, 0.3) is 0 Å². The van der Waals surface area contributed by atoms with Crippen molar-refractivity contribution in [3.05, 3.63) is 30.7 Å². The van der Waals surface area contributed by atoms with Crippen molar-refractivity contribution >= 4 is 23.5 Å². The molecule has 0 saturated carbocycles. The summed E-state index contributed by atoms with van der Waals surface area (Å²) in [4.78, 5) is 19.4. The van der Waals surface area contributed by atoms with E-state index in [-0.39, 0.29) is 5.95 Å². The summed E-state index contributed by atoms with van der Waals surface area (Å²) in [7, 11) is 0. The quantitative estimate of drug-likeness (QED) is 0.632. The molecule has 0 amide bonds. The maximum Gasteiger partial charge on any atom is 0.228 e. The summed E-state index contributed by atoms with van der Waals surface area (Å²) in [6.07, 6.45) is 5.03. The van der Waals surface area contributed by atoms with Gasteiger partial charge in [-0.2, -0.15) is 10.1 Å². The molecular formula is C15H17N9O. The first-order valence-corrected chi connectivity index (χ1v) is 7.84. The summed E-state index contributed by atoms with van der Waals surface area (Å²) in [5.74, 6) is 2.15. The third kappa shape index (κ3) is 3.48. The number of H-pyrrole nitrogens is 1. The first kappa shape index (κ1) is 15.3. The molecule has 25 heavy (non-hydrogen) atoms. The predicted molar refractivity (Wildman–Crippen MR) is 92.4 cm³/mol. The molecule has 0 spiro atoms. The van der Waals surface area contributed by atoms with Crippen LogP contribution in [0.1, 0.15) is 0 Å². The van der Waals surface area contributed by atoms with Crippen LogP contribution in [0.4, 0.5) is 23.5 Å². The van der Waals surface area contributed by atoms with Crippen molar-refractivity contribution in [2.45, 2.75) is 0 Å². The number of anilines is 4. The monoisotopic (exact) mass is 339 g/mol. The molecule has 128 valence electrons. The summed E-state index contributed by atoms with van der Waals surface area (Å²) in [6, 6.07) is 3.65. The molecule has 1 aliphatic heterocycles. The fourth-order valence-electron chi connectivity index (χ4n) is 2.48. The summed E-state index contributed by atoms with van der Waals surface area (Å²) >= 11 is 0. The van der Waals surface area contributed by atoms with Crippen LogP contribution in [0.5, 0.6) is 0 Å². The van der Waals surface area contributed by atoms with Crippen LogP contribution in [-0.2, 0) is 4.74 Å². The first-order chi connectivity index (χ1) is 12.3. The number of nitrogen functional groups attached to an aromatic ring is 1. The Balaban J connectivity index is 1.72. The molecule has 0 unspecified atom stereocenters. The smallest absolute Gasteiger partial charge is 0.228 e. The van der Waals surface area contributed by atoms with Gasteiger partial charge in [-0.25, -0.2) is 15.0 Å². The van der Waals surface area contributed by atoms with E-state index in [9.17, 15) is 0 Å². The number of hydrogen-bond donors (Lipinski definition) is 3. The Kier molecular flexibility index (Phi) is 4.09. The Bertz CT molecular complexity index is 829. The van der Waals surface area contributed by atoms with Crippen LogP contribution >= 0.6 is 0 Å². The average Bonchev–Trinajstić information content (AvgIpc) is 3.16. The van der Waals surface area contributed by atoms with E-state index in [0.29, 0.717) is 36.5 Å². The minimum atomic E-state index is 0.223. The zero-order chi connectivity index (χ0) is 17.1. The Morgan fingerprint density at radius 3 is 2.64 bits per heavy atom. The van der Waals surface area contributed by atoms with Gasteiger partial charge in [0.15, 0.2) is 5.82 Å². The molecule has 4 N–H and O–H groups in total. The Labute approximate surface area is 143 Å². The number of ether oxygens (including phenoxy) is 1. The van der Waals surface area contributed by atoms with E-state index in [1.54, 1.807) is 18.6 Å². The van der Waals surface area contributed by atoms with E-state index in [1.165, 1.54) is 0 Å². The molecule has 10 nitrogen and oxygen atoms in total. The molecule has 3 aromatic rings. The maximum absolute atomic E-state index is 5.57. The maximum atomic E-state index is 5.57. The van der Waals surface area contributed by atoms with E-state index >= 15 is 0 Å². The second-order valence-corrected chi connectivity index (χ2v) is 5.45. The molecule has 10 heteroatoms. The molecule has 0 bridgehead atoms. The second-order valence-electron chi connectivity index (χ2n) is 5.45. The van der Waals surface area contributed by atoms with Crippen LogP contribution < -0.4 is 16.0 Å². The van der Waals surface area contributed by atoms with E-state index in [2.05, 4.69) is 40.3 Å². The number of aromatic amines is 1. The van der Waals surface area contributed by atoms with E-state index in [1.807, 2.05) is 12.1 Å². The fraction of sp³-hybridized carbons (Fsp3) is 0.267. The molecule has 0 aliphatic carbocycles. The zero-order valence-electron chi connectivity index (χ0n) is 13.4. The summed E-state index contributed by atoms with van der Waals surface area (Å²) in [6.45, 7) is 2.79. The number of hydrogen-bond acceptors (Lipinski definition) is 9. The molecule has 0 aromatic carbocycles. The molecule has 0 atom stereocenters. The lowest BCUT2D eigenvalue weighted by Crippen LogP contribution is -2.37. The van der Waals surface area contributed by atoms with Crippen LogP contribution in [0.25, 0.3) is 11.3 Å². The number of rotatable bonds is 4. The van der Waals surface area contributed by atoms with Crippen LogP contribution in [0, 0.1) is 0 Å². The van der Waals surface area contributed by atoms with Gasteiger partial charge in [0.05, 0.1) is 18.9 Å². The van der Waals surface area contributed by atoms with E-state index < -0.39 is 0 Å². The van der Waals surface area contributed by atoms with Gasteiger partial charge in [-0.05, 0) is 0 Å². The highest BCUT2D eigenvalue weighted by Crippen LogP contribution is 2.24. The van der Waals surface area contributed by atoms with Crippen molar-refractivity contribution in [2.75, 3.05) is 42.3 Å². The topological polar surface area (TPSA) is 131 Å². The molecule has 0 radical (unpaired) electrons. The number of nitrogens with one attached hydrogen (secondary N) is 2. The zero-order valence-corrected chi connectivity index (χ0v) is 13.4. The highest BCUT2D eigenvalue weighted by Gasteiger charge is 2.17. The normalized spacial score (nSPS) is 14.5. The highest BCUT2D eigenvalue weighted by atomic mass is 16.5. The van der Waals surface area contributed by atoms with Crippen LogP contribution in [0.3, 0.4) is 0 Å². The van der Waals surface area contributed by atoms with Crippen LogP contribution in [0.15, 0.2) is 30.7 Å². The van der Waals surface area contributed by atoms with Crippen molar-refractivity contribution in [2.24, 2.45) is 0 Å². The summed E-state index contributed by atoms with van der Waals surface area (Å²) in [5.41, 5.74) is 7.03. The van der Waals surface area contributed by atoms with Gasteiger partial charge in [-0.15, -0.1) is 0 Å².